The number of fused-ring (bicyclic) bond motifs is 1. The molecule has 1 atom stereocenters. The maximum Gasteiger partial charge on any atom is 0.410 e. The van der Waals surface area contributed by atoms with Gasteiger partial charge >= 0.3 is 6.09 Å². The lowest BCUT2D eigenvalue weighted by atomic mass is 10.0. The largest absolute Gasteiger partial charge is 0.444 e. The molecule has 7 nitrogen and oxygen atoms in total. The highest BCUT2D eigenvalue weighted by Gasteiger charge is 2.32. The predicted octanol–water partition coefficient (Wildman–Crippen LogP) is 5.04. The average Bonchev–Trinajstić information content (AvgIpc) is 3.04. The van der Waals surface area contributed by atoms with Crippen molar-refractivity contribution in [2.75, 3.05) is 19.8 Å². The first kappa shape index (κ1) is 20.9. The number of halogens is 2. The predicted molar refractivity (Wildman–Crippen MR) is 115 cm³/mol. The third-order valence-electron chi connectivity index (χ3n) is 4.80. The van der Waals surface area contributed by atoms with Crippen molar-refractivity contribution in [2.24, 2.45) is 0 Å². The van der Waals surface area contributed by atoms with Crippen LogP contribution in [0.25, 0.3) is 16.7 Å². The Morgan fingerprint density at radius 1 is 1.20 bits per heavy atom. The van der Waals surface area contributed by atoms with Crippen LogP contribution in [0.4, 0.5) is 4.79 Å². The molecule has 4 rings (SSSR count). The topological polar surface area (TPSA) is 69.5 Å². The molecular weight excluding hydrogens is 427 g/mol. The summed E-state index contributed by atoms with van der Waals surface area (Å²) in [6, 6.07) is 9.29. The average molecular weight is 449 g/mol. The van der Waals surface area contributed by atoms with E-state index >= 15 is 0 Å². The Morgan fingerprint density at radius 2 is 1.93 bits per heavy atom. The number of morpholine rings is 1. The normalized spacial score (nSPS) is 17.4. The highest BCUT2D eigenvalue weighted by atomic mass is 35.5. The number of ether oxygens (including phenoxy) is 2. The van der Waals surface area contributed by atoms with Crippen LogP contribution in [0.2, 0.25) is 10.3 Å². The molecule has 0 aliphatic carbocycles. The number of hydrogen-bond acceptors (Lipinski definition) is 5. The van der Waals surface area contributed by atoms with E-state index in [0.29, 0.717) is 41.1 Å². The summed E-state index contributed by atoms with van der Waals surface area (Å²) < 4.78 is 13.0. The summed E-state index contributed by atoms with van der Waals surface area (Å²) in [5.41, 5.74) is 1.85. The summed E-state index contributed by atoms with van der Waals surface area (Å²) in [7, 11) is 0. The van der Waals surface area contributed by atoms with Gasteiger partial charge in [0, 0.05) is 12.2 Å². The van der Waals surface area contributed by atoms with E-state index in [1.165, 1.54) is 6.33 Å². The Kier molecular flexibility index (Phi) is 5.61. The number of rotatable bonds is 2. The smallest absolute Gasteiger partial charge is 0.410 e. The Balaban J connectivity index is 1.64. The van der Waals surface area contributed by atoms with Crippen molar-refractivity contribution in [3.63, 3.8) is 0 Å². The van der Waals surface area contributed by atoms with Gasteiger partial charge in [0.05, 0.1) is 24.6 Å². The van der Waals surface area contributed by atoms with E-state index in [4.69, 9.17) is 32.7 Å². The molecule has 1 amide bonds. The van der Waals surface area contributed by atoms with Crippen LogP contribution in [0.3, 0.4) is 0 Å². The van der Waals surface area contributed by atoms with Gasteiger partial charge in [0.25, 0.3) is 0 Å². The summed E-state index contributed by atoms with van der Waals surface area (Å²) >= 11 is 12.6. The molecule has 1 fully saturated rings. The highest BCUT2D eigenvalue weighted by Crippen LogP contribution is 2.31. The Labute approximate surface area is 184 Å². The molecular formula is C21H22Cl2N4O3. The number of nitrogens with zero attached hydrogens (tertiary/aromatic N) is 4. The lowest BCUT2D eigenvalue weighted by Crippen LogP contribution is -2.45. The second kappa shape index (κ2) is 8.06. The van der Waals surface area contributed by atoms with Crippen LogP contribution in [-0.4, -0.2) is 50.9 Å². The van der Waals surface area contributed by atoms with Crippen molar-refractivity contribution < 1.29 is 14.3 Å². The summed E-state index contributed by atoms with van der Waals surface area (Å²) in [5.74, 6) is 0. The molecule has 1 unspecified atom stereocenters. The molecule has 1 aliphatic rings. The number of amides is 1. The molecule has 158 valence electrons. The van der Waals surface area contributed by atoms with Crippen LogP contribution in [0, 0.1) is 0 Å². The van der Waals surface area contributed by atoms with Crippen LogP contribution in [-0.2, 0) is 9.47 Å². The second-order valence-electron chi connectivity index (χ2n) is 8.06. The molecule has 30 heavy (non-hydrogen) atoms. The summed E-state index contributed by atoms with van der Waals surface area (Å²) in [6.07, 6.45) is 1.06. The Bertz CT molecular complexity index is 1080. The Hall–Kier alpha value is -2.35. The number of aromatic nitrogens is 3. The SMILES string of the molecule is CC(C)(C)OC(=O)N1CCOCC1c1ccc(-n2c(Cl)cc3c(Cl)ncnc32)cc1. The second-order valence-corrected chi connectivity index (χ2v) is 8.81. The van der Waals surface area contributed by atoms with Crippen molar-refractivity contribution in [3.8, 4) is 5.69 Å². The summed E-state index contributed by atoms with van der Waals surface area (Å²) in [4.78, 5) is 22.7. The summed E-state index contributed by atoms with van der Waals surface area (Å²) in [5, 5.41) is 1.52. The molecule has 0 spiro atoms. The van der Waals surface area contributed by atoms with E-state index in [1.807, 2.05) is 45.0 Å². The number of carbonyl (C=O) groups excluding carboxylic acids is 1. The van der Waals surface area contributed by atoms with Crippen LogP contribution in [0.5, 0.6) is 0 Å². The van der Waals surface area contributed by atoms with Gasteiger partial charge in [-0.1, -0.05) is 35.3 Å². The minimum atomic E-state index is -0.556. The van der Waals surface area contributed by atoms with E-state index in [2.05, 4.69) is 9.97 Å². The lowest BCUT2D eigenvalue weighted by molar-refractivity contribution is -0.0331. The first-order valence-electron chi connectivity index (χ1n) is 9.60. The maximum atomic E-state index is 12.7. The zero-order valence-electron chi connectivity index (χ0n) is 16.9. The third kappa shape index (κ3) is 4.10. The monoisotopic (exact) mass is 448 g/mol. The van der Waals surface area contributed by atoms with E-state index < -0.39 is 5.60 Å². The van der Waals surface area contributed by atoms with Crippen molar-refractivity contribution in [1.29, 1.82) is 0 Å². The van der Waals surface area contributed by atoms with Crippen LogP contribution in [0.1, 0.15) is 32.4 Å². The van der Waals surface area contributed by atoms with E-state index in [9.17, 15) is 4.79 Å². The van der Waals surface area contributed by atoms with Crippen LogP contribution >= 0.6 is 23.2 Å². The fourth-order valence-electron chi connectivity index (χ4n) is 3.46. The van der Waals surface area contributed by atoms with Crippen molar-refractivity contribution in [3.05, 3.63) is 52.5 Å². The maximum absolute atomic E-state index is 12.7. The summed E-state index contributed by atoms with van der Waals surface area (Å²) in [6.45, 7) is 6.95. The van der Waals surface area contributed by atoms with E-state index in [0.717, 1.165) is 11.3 Å². The fourth-order valence-corrected chi connectivity index (χ4v) is 3.93. The van der Waals surface area contributed by atoms with Gasteiger partial charge in [0.2, 0.25) is 0 Å². The number of benzene rings is 1. The molecule has 0 radical (unpaired) electrons. The first-order chi connectivity index (χ1) is 14.2. The quantitative estimate of drug-likeness (QED) is 0.513. The highest BCUT2D eigenvalue weighted by molar-refractivity contribution is 6.36. The third-order valence-corrected chi connectivity index (χ3v) is 5.37. The van der Waals surface area contributed by atoms with Gasteiger partial charge in [-0.15, -0.1) is 0 Å². The van der Waals surface area contributed by atoms with Crippen LogP contribution < -0.4 is 0 Å². The molecule has 1 aliphatic heterocycles. The van der Waals surface area contributed by atoms with E-state index in [1.54, 1.807) is 15.5 Å². The lowest BCUT2D eigenvalue weighted by Gasteiger charge is -2.36. The van der Waals surface area contributed by atoms with Gasteiger partial charge in [0.15, 0.2) is 5.65 Å². The van der Waals surface area contributed by atoms with Crippen LogP contribution in [0.15, 0.2) is 36.7 Å². The van der Waals surface area contributed by atoms with Gasteiger partial charge in [-0.3, -0.25) is 9.47 Å². The Morgan fingerprint density at radius 3 is 2.63 bits per heavy atom. The zero-order chi connectivity index (χ0) is 21.5. The van der Waals surface area contributed by atoms with Gasteiger partial charge in [-0.05, 0) is 44.5 Å². The first-order valence-corrected chi connectivity index (χ1v) is 10.4. The molecule has 1 saturated heterocycles. The van der Waals surface area contributed by atoms with Gasteiger partial charge in [-0.2, -0.15) is 0 Å². The minimum absolute atomic E-state index is 0.226. The zero-order valence-corrected chi connectivity index (χ0v) is 18.4. The molecule has 2 aromatic heterocycles. The van der Waals surface area contributed by atoms with Gasteiger partial charge in [-0.25, -0.2) is 14.8 Å². The van der Waals surface area contributed by atoms with E-state index in [-0.39, 0.29) is 12.1 Å². The molecule has 0 bridgehead atoms. The van der Waals surface area contributed by atoms with Crippen molar-refractivity contribution in [2.45, 2.75) is 32.4 Å². The number of carbonyl (C=O) groups is 1. The molecule has 9 heteroatoms. The molecule has 0 saturated carbocycles. The van der Waals surface area contributed by atoms with Crippen molar-refractivity contribution in [1.82, 2.24) is 19.4 Å². The fraction of sp³-hybridized carbons (Fsp3) is 0.381. The van der Waals surface area contributed by atoms with Gasteiger partial charge < -0.3 is 9.47 Å². The van der Waals surface area contributed by atoms with Gasteiger partial charge in [0.1, 0.15) is 22.2 Å². The van der Waals surface area contributed by atoms with Crippen molar-refractivity contribution >= 4 is 40.3 Å². The number of hydrogen-bond donors (Lipinski definition) is 0. The molecule has 1 aromatic carbocycles. The minimum Gasteiger partial charge on any atom is -0.444 e. The molecule has 0 N–H and O–H groups in total. The standard InChI is InChI=1S/C21H22Cl2N4O3/c1-21(2,3)30-20(28)26-8-9-29-11-16(26)13-4-6-14(7-5-13)27-17(22)10-15-18(23)24-12-25-19(15)27/h4-7,10,12,16H,8-9,11H2,1-3H3. The molecule has 3 aromatic rings. The molecule has 3 heterocycles.